The summed E-state index contributed by atoms with van der Waals surface area (Å²) in [7, 11) is 1.53. The number of nitrogens with one attached hydrogen (secondary N) is 1. The van der Waals surface area contributed by atoms with Crippen molar-refractivity contribution in [3.05, 3.63) is 0 Å². The molecule has 82 valence electrons. The molecule has 0 unspecified atom stereocenters. The van der Waals surface area contributed by atoms with E-state index in [1.165, 1.54) is 12.2 Å². The fourth-order valence-corrected chi connectivity index (χ4v) is 1.91. The molecule has 0 aromatic carbocycles. The third kappa shape index (κ3) is 2.07. The maximum absolute atomic E-state index is 11.8. The van der Waals surface area contributed by atoms with E-state index in [-0.39, 0.29) is 11.9 Å². The second kappa shape index (κ2) is 3.87. The molecule has 0 saturated carbocycles. The monoisotopic (exact) mass is 200 g/mol. The average Bonchev–Trinajstić information content (AvgIpc) is 2.21. The molecule has 1 atom stereocenters. The van der Waals surface area contributed by atoms with Crippen LogP contribution in [0.15, 0.2) is 0 Å². The third-order valence-corrected chi connectivity index (χ3v) is 2.42. The van der Waals surface area contributed by atoms with Crippen LogP contribution in [0.5, 0.6) is 0 Å². The zero-order valence-electron chi connectivity index (χ0n) is 9.63. The normalized spacial score (nSPS) is 26.3. The highest BCUT2D eigenvalue weighted by atomic mass is 16.7. The molecule has 1 N–H and O–H groups in total. The van der Waals surface area contributed by atoms with E-state index >= 15 is 0 Å². The summed E-state index contributed by atoms with van der Waals surface area (Å²) in [6.45, 7) is 8.10. The molecule has 1 aliphatic rings. The summed E-state index contributed by atoms with van der Waals surface area (Å²) in [5.74, 6) is 0.537. The Bertz CT molecular complexity index is 226. The van der Waals surface area contributed by atoms with Crippen LogP contribution in [0.25, 0.3) is 0 Å². The first kappa shape index (κ1) is 11.5. The van der Waals surface area contributed by atoms with Crippen LogP contribution in [-0.2, 0) is 9.63 Å². The zero-order chi connectivity index (χ0) is 10.9. The number of amides is 1. The minimum atomic E-state index is -0.397. The Morgan fingerprint density at radius 2 is 2.14 bits per heavy atom. The molecule has 0 aromatic heterocycles. The molecule has 0 bridgehead atoms. The second-order valence-corrected chi connectivity index (χ2v) is 4.70. The molecule has 1 rings (SSSR count). The van der Waals surface area contributed by atoms with Crippen molar-refractivity contribution in [1.82, 2.24) is 10.4 Å². The Hall–Kier alpha value is -0.610. The van der Waals surface area contributed by atoms with Crippen LogP contribution < -0.4 is 5.32 Å². The van der Waals surface area contributed by atoms with Crippen molar-refractivity contribution in [3.63, 3.8) is 0 Å². The van der Waals surface area contributed by atoms with Crippen molar-refractivity contribution < 1.29 is 9.63 Å². The molecule has 0 radical (unpaired) electrons. The van der Waals surface area contributed by atoms with Crippen molar-refractivity contribution in [2.24, 2.45) is 5.92 Å². The van der Waals surface area contributed by atoms with Gasteiger partial charge < -0.3 is 0 Å². The lowest BCUT2D eigenvalue weighted by Gasteiger charge is -2.28. The second-order valence-electron chi connectivity index (χ2n) is 4.70. The molecular formula is C10H20N2O2. The van der Waals surface area contributed by atoms with Gasteiger partial charge in [-0.1, -0.05) is 13.8 Å². The number of hydroxylamine groups is 2. The lowest BCUT2D eigenvalue weighted by Crippen LogP contribution is -2.46. The van der Waals surface area contributed by atoms with Crippen LogP contribution >= 0.6 is 0 Å². The Balaban J connectivity index is 2.72. The summed E-state index contributed by atoms with van der Waals surface area (Å²) < 4.78 is 0. The maximum Gasteiger partial charge on any atom is 0.265 e. The molecule has 0 aliphatic carbocycles. The number of hydrogen-bond acceptors (Lipinski definition) is 3. The number of carbonyl (C=O) groups is 1. The molecule has 1 heterocycles. The van der Waals surface area contributed by atoms with Gasteiger partial charge in [0.15, 0.2) is 0 Å². The van der Waals surface area contributed by atoms with E-state index in [1.54, 1.807) is 0 Å². The van der Waals surface area contributed by atoms with Gasteiger partial charge in [-0.3, -0.25) is 14.9 Å². The van der Waals surface area contributed by atoms with Crippen LogP contribution in [-0.4, -0.2) is 29.8 Å². The summed E-state index contributed by atoms with van der Waals surface area (Å²) in [5.41, 5.74) is -0.397. The Kier molecular flexibility index (Phi) is 3.17. The van der Waals surface area contributed by atoms with E-state index in [4.69, 9.17) is 4.84 Å². The van der Waals surface area contributed by atoms with Gasteiger partial charge in [0.05, 0.1) is 13.2 Å². The van der Waals surface area contributed by atoms with Gasteiger partial charge in [0.1, 0.15) is 5.66 Å². The molecule has 1 aliphatic heterocycles. The molecule has 4 heteroatoms. The Labute approximate surface area is 85.6 Å². The quantitative estimate of drug-likeness (QED) is 0.742. The van der Waals surface area contributed by atoms with Gasteiger partial charge in [-0.25, -0.2) is 5.06 Å². The minimum Gasteiger partial charge on any atom is -0.282 e. The summed E-state index contributed by atoms with van der Waals surface area (Å²) >= 11 is 0. The number of hydrogen-bond donors (Lipinski definition) is 1. The van der Waals surface area contributed by atoms with E-state index in [1.807, 2.05) is 13.8 Å². The van der Waals surface area contributed by atoms with Crippen molar-refractivity contribution in [3.8, 4) is 0 Å². The van der Waals surface area contributed by atoms with Crippen LogP contribution in [0, 0.1) is 5.92 Å². The van der Waals surface area contributed by atoms with E-state index in [0.29, 0.717) is 5.92 Å². The van der Waals surface area contributed by atoms with Gasteiger partial charge in [-0.05, 0) is 26.2 Å². The van der Waals surface area contributed by atoms with Gasteiger partial charge in [-0.15, -0.1) is 0 Å². The molecule has 0 spiro atoms. The zero-order valence-corrected chi connectivity index (χ0v) is 9.63. The minimum absolute atomic E-state index is 0.0335. The van der Waals surface area contributed by atoms with E-state index in [9.17, 15) is 4.79 Å². The van der Waals surface area contributed by atoms with Crippen LogP contribution in [0.1, 0.15) is 34.1 Å². The highest BCUT2D eigenvalue weighted by molar-refractivity contribution is 5.83. The summed E-state index contributed by atoms with van der Waals surface area (Å²) in [6.07, 6.45) is 0.849. The van der Waals surface area contributed by atoms with E-state index < -0.39 is 5.66 Å². The van der Waals surface area contributed by atoms with Crippen LogP contribution in [0.2, 0.25) is 0 Å². The number of rotatable bonds is 3. The first-order valence-electron chi connectivity index (χ1n) is 5.04. The molecule has 0 aromatic rings. The van der Waals surface area contributed by atoms with Gasteiger partial charge in [-0.2, -0.15) is 0 Å². The van der Waals surface area contributed by atoms with Crippen molar-refractivity contribution in [1.29, 1.82) is 0 Å². The van der Waals surface area contributed by atoms with Gasteiger partial charge in [0.25, 0.3) is 5.91 Å². The van der Waals surface area contributed by atoms with E-state index in [2.05, 4.69) is 19.2 Å². The third-order valence-electron chi connectivity index (χ3n) is 2.42. The molecule has 4 nitrogen and oxygen atoms in total. The van der Waals surface area contributed by atoms with Crippen molar-refractivity contribution in [2.45, 2.75) is 45.8 Å². The summed E-state index contributed by atoms with van der Waals surface area (Å²) in [6, 6.07) is -0.107. The fourth-order valence-electron chi connectivity index (χ4n) is 1.91. The van der Waals surface area contributed by atoms with Gasteiger partial charge in [0, 0.05) is 0 Å². The lowest BCUT2D eigenvalue weighted by atomic mass is 10.0. The Morgan fingerprint density at radius 1 is 1.57 bits per heavy atom. The molecule has 1 amide bonds. The smallest absolute Gasteiger partial charge is 0.265 e. The molecular weight excluding hydrogens is 180 g/mol. The van der Waals surface area contributed by atoms with Crippen molar-refractivity contribution >= 4 is 5.91 Å². The lowest BCUT2D eigenvalue weighted by molar-refractivity contribution is -0.192. The molecule has 1 saturated heterocycles. The van der Waals surface area contributed by atoms with Gasteiger partial charge in [0.2, 0.25) is 0 Å². The SMILES string of the molecule is CON1C(=O)[C@H](CC(C)C)NC1(C)C. The average molecular weight is 200 g/mol. The van der Waals surface area contributed by atoms with Crippen LogP contribution in [0.4, 0.5) is 0 Å². The maximum atomic E-state index is 11.8. The van der Waals surface area contributed by atoms with Gasteiger partial charge >= 0.3 is 0 Å². The standard InChI is InChI=1S/C10H20N2O2/c1-7(2)6-8-9(13)12(14-5)10(3,4)11-8/h7-8,11H,6H2,1-5H3/t8-/m0/s1. The topological polar surface area (TPSA) is 41.6 Å². The Morgan fingerprint density at radius 3 is 2.50 bits per heavy atom. The van der Waals surface area contributed by atoms with E-state index in [0.717, 1.165) is 6.42 Å². The first-order valence-corrected chi connectivity index (χ1v) is 5.04. The van der Waals surface area contributed by atoms with Crippen LogP contribution in [0.3, 0.4) is 0 Å². The highest BCUT2D eigenvalue weighted by Crippen LogP contribution is 2.24. The predicted octanol–water partition coefficient (Wildman–Crippen LogP) is 1.13. The first-order chi connectivity index (χ1) is 6.38. The highest BCUT2D eigenvalue weighted by Gasteiger charge is 2.44. The molecule has 14 heavy (non-hydrogen) atoms. The predicted molar refractivity (Wildman–Crippen MR) is 54.3 cm³/mol. The largest absolute Gasteiger partial charge is 0.282 e. The summed E-state index contributed by atoms with van der Waals surface area (Å²) in [5, 5.41) is 4.68. The number of nitrogens with zero attached hydrogens (tertiary/aromatic N) is 1. The molecule has 1 fully saturated rings. The summed E-state index contributed by atoms with van der Waals surface area (Å²) in [4.78, 5) is 16.9. The number of carbonyl (C=O) groups excluding carboxylic acids is 1. The van der Waals surface area contributed by atoms with Crippen molar-refractivity contribution in [2.75, 3.05) is 7.11 Å². The fraction of sp³-hybridized carbons (Fsp3) is 0.900.